The van der Waals surface area contributed by atoms with Gasteiger partial charge in [-0.2, -0.15) is 8.42 Å². The van der Waals surface area contributed by atoms with Crippen molar-refractivity contribution in [3.05, 3.63) is 52.3 Å². The van der Waals surface area contributed by atoms with Gasteiger partial charge in [0.1, 0.15) is 5.75 Å². The van der Waals surface area contributed by atoms with Gasteiger partial charge in [-0.3, -0.25) is 0 Å². The van der Waals surface area contributed by atoms with Crippen LogP contribution in [0.25, 0.3) is 10.2 Å². The maximum Gasteiger partial charge on any atom is 0.285 e. The van der Waals surface area contributed by atoms with Crippen LogP contribution in [0.2, 0.25) is 5.02 Å². The van der Waals surface area contributed by atoms with Crippen LogP contribution in [0.1, 0.15) is 6.92 Å². The van der Waals surface area contributed by atoms with E-state index in [2.05, 4.69) is 4.40 Å². The summed E-state index contributed by atoms with van der Waals surface area (Å²) in [5.74, 6) is 0.592. The molecule has 0 saturated carbocycles. The van der Waals surface area contributed by atoms with Gasteiger partial charge in [0.25, 0.3) is 10.0 Å². The Morgan fingerprint density at radius 1 is 1.21 bits per heavy atom. The molecular formula is C16H15ClN2O3S2. The molecule has 1 aromatic heterocycles. The molecule has 0 unspecified atom stereocenters. The van der Waals surface area contributed by atoms with E-state index in [0.717, 1.165) is 10.2 Å². The molecule has 0 aliphatic carbocycles. The molecule has 0 bridgehead atoms. The molecule has 3 rings (SSSR count). The van der Waals surface area contributed by atoms with Crippen molar-refractivity contribution in [1.82, 2.24) is 4.57 Å². The molecule has 126 valence electrons. The lowest BCUT2D eigenvalue weighted by Crippen LogP contribution is -2.16. The quantitative estimate of drug-likeness (QED) is 0.691. The Hall–Kier alpha value is -1.83. The molecule has 0 aliphatic heterocycles. The Morgan fingerprint density at radius 3 is 2.54 bits per heavy atom. The average molecular weight is 383 g/mol. The smallest absolute Gasteiger partial charge is 0.285 e. The van der Waals surface area contributed by atoms with Crippen LogP contribution in [-0.2, 0) is 16.6 Å². The van der Waals surface area contributed by atoms with Gasteiger partial charge in [-0.05, 0) is 49.4 Å². The Kier molecular flexibility index (Phi) is 4.67. The first-order valence-electron chi connectivity index (χ1n) is 7.18. The van der Waals surface area contributed by atoms with Crippen LogP contribution < -0.4 is 9.54 Å². The Bertz CT molecular complexity index is 1050. The SMILES string of the molecule is CCn1c(=NS(=O)(=O)c2ccc(OC)cc2)sc2cc(Cl)ccc21. The molecule has 0 fully saturated rings. The molecule has 1 heterocycles. The van der Waals surface area contributed by atoms with Gasteiger partial charge in [-0.25, -0.2) is 0 Å². The Balaban J connectivity index is 2.17. The summed E-state index contributed by atoms with van der Waals surface area (Å²) >= 11 is 7.32. The summed E-state index contributed by atoms with van der Waals surface area (Å²) in [5, 5.41) is 0.608. The number of fused-ring (bicyclic) bond motifs is 1. The normalized spacial score (nSPS) is 12.7. The number of rotatable bonds is 4. The number of benzene rings is 2. The molecule has 2 aromatic carbocycles. The number of aryl methyl sites for hydroxylation is 1. The second-order valence-electron chi connectivity index (χ2n) is 4.98. The first-order chi connectivity index (χ1) is 11.4. The zero-order chi connectivity index (χ0) is 17.3. The standard InChI is InChI=1S/C16H15ClN2O3S2/c1-3-19-14-9-4-11(17)10-15(14)23-16(19)18-24(20,21)13-7-5-12(22-2)6-8-13/h4-10H,3H2,1-2H3. The summed E-state index contributed by atoms with van der Waals surface area (Å²) in [4.78, 5) is 0.548. The Morgan fingerprint density at radius 2 is 1.92 bits per heavy atom. The predicted molar refractivity (Wildman–Crippen MR) is 96.2 cm³/mol. The molecule has 0 amide bonds. The molecule has 8 heteroatoms. The number of hydrogen-bond donors (Lipinski definition) is 0. The zero-order valence-electron chi connectivity index (χ0n) is 13.1. The van der Waals surface area contributed by atoms with Gasteiger partial charge < -0.3 is 9.30 Å². The van der Waals surface area contributed by atoms with Crippen LogP contribution >= 0.6 is 22.9 Å². The lowest BCUT2D eigenvalue weighted by atomic mass is 10.3. The molecule has 0 saturated heterocycles. The lowest BCUT2D eigenvalue weighted by molar-refractivity contribution is 0.414. The summed E-state index contributed by atoms with van der Waals surface area (Å²) in [6.45, 7) is 2.55. The third kappa shape index (κ3) is 3.19. The minimum Gasteiger partial charge on any atom is -0.497 e. The van der Waals surface area contributed by atoms with Gasteiger partial charge in [-0.15, -0.1) is 4.40 Å². The molecule has 3 aromatic rings. The summed E-state index contributed by atoms with van der Waals surface area (Å²) in [5.41, 5.74) is 0.913. The van der Waals surface area contributed by atoms with Crippen molar-refractivity contribution in [2.24, 2.45) is 4.40 Å². The number of ether oxygens (including phenoxy) is 1. The highest BCUT2D eigenvalue weighted by Crippen LogP contribution is 2.23. The summed E-state index contributed by atoms with van der Waals surface area (Å²) < 4.78 is 37.0. The van der Waals surface area contributed by atoms with Gasteiger partial charge in [-0.1, -0.05) is 22.9 Å². The molecular weight excluding hydrogens is 368 g/mol. The van der Waals surface area contributed by atoms with E-state index in [-0.39, 0.29) is 4.90 Å². The number of thiazole rings is 1. The monoisotopic (exact) mass is 382 g/mol. The fourth-order valence-electron chi connectivity index (χ4n) is 2.33. The minimum absolute atomic E-state index is 0.126. The molecule has 5 nitrogen and oxygen atoms in total. The molecule has 0 atom stereocenters. The first-order valence-corrected chi connectivity index (χ1v) is 9.82. The van der Waals surface area contributed by atoms with Crippen LogP contribution in [0.5, 0.6) is 5.75 Å². The molecule has 0 N–H and O–H groups in total. The van der Waals surface area contributed by atoms with Crippen molar-refractivity contribution in [2.75, 3.05) is 7.11 Å². The lowest BCUT2D eigenvalue weighted by Gasteiger charge is -2.02. The number of aromatic nitrogens is 1. The van der Waals surface area contributed by atoms with E-state index in [1.807, 2.05) is 23.6 Å². The van der Waals surface area contributed by atoms with Crippen molar-refractivity contribution >= 4 is 43.2 Å². The van der Waals surface area contributed by atoms with Crippen LogP contribution in [0, 0.1) is 0 Å². The highest BCUT2D eigenvalue weighted by Gasteiger charge is 2.14. The average Bonchev–Trinajstić information content (AvgIpc) is 2.90. The number of nitrogens with zero attached hydrogens (tertiary/aromatic N) is 2. The van der Waals surface area contributed by atoms with E-state index in [1.54, 1.807) is 18.2 Å². The van der Waals surface area contributed by atoms with E-state index >= 15 is 0 Å². The van der Waals surface area contributed by atoms with E-state index in [0.29, 0.717) is 22.1 Å². The number of methoxy groups -OCH3 is 1. The van der Waals surface area contributed by atoms with Crippen molar-refractivity contribution < 1.29 is 13.2 Å². The van der Waals surface area contributed by atoms with Gasteiger partial charge in [0.2, 0.25) is 4.80 Å². The van der Waals surface area contributed by atoms with E-state index in [9.17, 15) is 8.42 Å². The summed E-state index contributed by atoms with van der Waals surface area (Å²) in [7, 11) is -2.27. The molecule has 0 spiro atoms. The highest BCUT2D eigenvalue weighted by atomic mass is 35.5. The summed E-state index contributed by atoms with van der Waals surface area (Å²) in [6, 6.07) is 11.6. The van der Waals surface area contributed by atoms with Crippen molar-refractivity contribution in [3.8, 4) is 5.75 Å². The van der Waals surface area contributed by atoms with Gasteiger partial charge in [0.15, 0.2) is 0 Å². The van der Waals surface area contributed by atoms with E-state index in [4.69, 9.17) is 16.3 Å². The third-order valence-corrected chi connectivity index (χ3v) is 6.19. The van der Waals surface area contributed by atoms with Crippen LogP contribution in [0.15, 0.2) is 51.8 Å². The first kappa shape index (κ1) is 17.0. The molecule has 24 heavy (non-hydrogen) atoms. The fourth-order valence-corrected chi connectivity index (χ4v) is 4.90. The van der Waals surface area contributed by atoms with Crippen LogP contribution in [0.4, 0.5) is 0 Å². The predicted octanol–water partition coefficient (Wildman–Crippen LogP) is 3.67. The number of hydrogen-bond acceptors (Lipinski definition) is 4. The van der Waals surface area contributed by atoms with Gasteiger partial charge in [0.05, 0.1) is 22.2 Å². The molecule has 0 radical (unpaired) electrons. The van der Waals surface area contributed by atoms with Crippen LogP contribution in [-0.4, -0.2) is 20.1 Å². The Labute approximate surface area is 148 Å². The van der Waals surface area contributed by atoms with E-state index < -0.39 is 10.0 Å². The number of halogens is 1. The van der Waals surface area contributed by atoms with Crippen molar-refractivity contribution in [3.63, 3.8) is 0 Å². The van der Waals surface area contributed by atoms with Gasteiger partial charge in [0, 0.05) is 11.6 Å². The summed E-state index contributed by atoms with van der Waals surface area (Å²) in [6.07, 6.45) is 0. The fraction of sp³-hybridized carbons (Fsp3) is 0.188. The minimum atomic E-state index is -3.80. The van der Waals surface area contributed by atoms with Crippen molar-refractivity contribution in [2.45, 2.75) is 18.4 Å². The largest absolute Gasteiger partial charge is 0.497 e. The highest BCUT2D eigenvalue weighted by molar-refractivity contribution is 7.90. The molecule has 0 aliphatic rings. The third-order valence-electron chi connectivity index (χ3n) is 3.52. The second-order valence-corrected chi connectivity index (χ2v) is 8.03. The van der Waals surface area contributed by atoms with Crippen LogP contribution in [0.3, 0.4) is 0 Å². The topological polar surface area (TPSA) is 60.7 Å². The maximum atomic E-state index is 12.6. The second kappa shape index (κ2) is 6.58. The zero-order valence-corrected chi connectivity index (χ0v) is 15.5. The van der Waals surface area contributed by atoms with E-state index in [1.165, 1.54) is 30.6 Å². The maximum absolute atomic E-state index is 12.6. The van der Waals surface area contributed by atoms with Gasteiger partial charge >= 0.3 is 0 Å². The van der Waals surface area contributed by atoms with Crippen molar-refractivity contribution in [1.29, 1.82) is 0 Å². The number of sulfonamides is 1.